The van der Waals surface area contributed by atoms with Crippen LogP contribution < -0.4 is 10.1 Å². The van der Waals surface area contributed by atoms with E-state index in [0.717, 1.165) is 38.5 Å². The Morgan fingerprint density at radius 2 is 1.29 bits per heavy atom. The van der Waals surface area contributed by atoms with Gasteiger partial charge in [-0.05, 0) is 38.0 Å². The van der Waals surface area contributed by atoms with Gasteiger partial charge in [-0.2, -0.15) is 8.78 Å². The summed E-state index contributed by atoms with van der Waals surface area (Å²) in [5.41, 5.74) is -0.278. The van der Waals surface area contributed by atoms with E-state index in [1.807, 2.05) is 0 Å². The molecule has 196 valence electrons. The molecule has 0 aliphatic carbocycles. The lowest BCUT2D eigenvalue weighted by Gasteiger charge is -2.39. The fraction of sp³-hybridized carbons (Fsp3) is 0.720. The molecule has 0 radical (unpaired) electrons. The van der Waals surface area contributed by atoms with Crippen LogP contribution in [-0.4, -0.2) is 25.3 Å². The molecule has 4 nitrogen and oxygen atoms in total. The lowest BCUT2D eigenvalue weighted by Crippen LogP contribution is -2.39. The van der Waals surface area contributed by atoms with Gasteiger partial charge in [-0.15, -0.1) is 0 Å². The van der Waals surface area contributed by atoms with E-state index in [1.54, 1.807) is 7.11 Å². The molecule has 1 rings (SSSR count). The molecular formula is C25H38F5NO3. The van der Waals surface area contributed by atoms with Gasteiger partial charge >= 0.3 is 6.09 Å². The van der Waals surface area contributed by atoms with Gasteiger partial charge in [0.2, 0.25) is 34.8 Å². The first-order valence-electron chi connectivity index (χ1n) is 12.2. The van der Waals surface area contributed by atoms with Crippen LogP contribution in [0.4, 0.5) is 26.7 Å². The van der Waals surface area contributed by atoms with Gasteiger partial charge in [-0.1, -0.05) is 59.3 Å². The summed E-state index contributed by atoms with van der Waals surface area (Å²) in [5, 5.41) is 2.32. The summed E-state index contributed by atoms with van der Waals surface area (Å²) >= 11 is 0. The van der Waals surface area contributed by atoms with Crippen LogP contribution in [0.1, 0.15) is 91.4 Å². The van der Waals surface area contributed by atoms with Crippen molar-refractivity contribution in [3.63, 3.8) is 0 Å². The minimum Gasteiger partial charge on any atom is -0.404 e. The van der Waals surface area contributed by atoms with Gasteiger partial charge in [0, 0.05) is 13.7 Å². The van der Waals surface area contributed by atoms with Gasteiger partial charge < -0.3 is 14.8 Å². The van der Waals surface area contributed by atoms with Crippen LogP contribution in [0.15, 0.2) is 0 Å². The maximum absolute atomic E-state index is 13.7. The first-order chi connectivity index (χ1) is 16.2. The summed E-state index contributed by atoms with van der Waals surface area (Å²) in [7, 11) is 1.71. The van der Waals surface area contributed by atoms with E-state index in [1.165, 1.54) is 25.7 Å². The lowest BCUT2D eigenvalue weighted by molar-refractivity contribution is -0.0709. The highest BCUT2D eigenvalue weighted by Crippen LogP contribution is 2.36. The second-order valence-electron chi connectivity index (χ2n) is 8.59. The SMILES string of the molecule is CCCCCCCCC(CCCNC(=O)Oc1c(F)c(F)c(F)c(F)c1F)C(CC)(CC)OC. The van der Waals surface area contributed by atoms with E-state index in [-0.39, 0.29) is 18.1 Å². The van der Waals surface area contributed by atoms with Crippen LogP contribution in [-0.2, 0) is 4.74 Å². The third kappa shape index (κ3) is 8.10. The zero-order valence-corrected chi connectivity index (χ0v) is 20.7. The number of hydrogen-bond donors (Lipinski definition) is 1. The molecule has 0 aliphatic heterocycles. The lowest BCUT2D eigenvalue weighted by atomic mass is 9.77. The number of rotatable bonds is 16. The Morgan fingerprint density at radius 3 is 1.82 bits per heavy atom. The van der Waals surface area contributed by atoms with E-state index in [2.05, 4.69) is 30.8 Å². The van der Waals surface area contributed by atoms with E-state index >= 15 is 0 Å². The van der Waals surface area contributed by atoms with Crippen molar-refractivity contribution in [3.8, 4) is 5.75 Å². The minimum absolute atomic E-state index is 0.119. The molecule has 1 amide bonds. The number of amides is 1. The van der Waals surface area contributed by atoms with E-state index < -0.39 is 40.9 Å². The molecule has 1 N–H and O–H groups in total. The Labute approximate surface area is 199 Å². The Hall–Kier alpha value is -1.90. The molecule has 0 aromatic heterocycles. The Morgan fingerprint density at radius 1 is 0.794 bits per heavy atom. The van der Waals surface area contributed by atoms with Crippen molar-refractivity contribution in [1.29, 1.82) is 0 Å². The van der Waals surface area contributed by atoms with Crippen molar-refractivity contribution in [2.24, 2.45) is 5.92 Å². The number of ether oxygens (including phenoxy) is 2. The van der Waals surface area contributed by atoms with Gasteiger partial charge in [-0.25, -0.2) is 18.0 Å². The number of benzene rings is 1. The molecule has 1 unspecified atom stereocenters. The summed E-state index contributed by atoms with van der Waals surface area (Å²) in [4.78, 5) is 11.9. The van der Waals surface area contributed by atoms with E-state index in [4.69, 9.17) is 4.74 Å². The number of hydrogen-bond acceptors (Lipinski definition) is 3. The van der Waals surface area contributed by atoms with Crippen molar-refractivity contribution in [1.82, 2.24) is 5.32 Å². The van der Waals surface area contributed by atoms with Crippen LogP contribution in [0, 0.1) is 35.0 Å². The summed E-state index contributed by atoms with van der Waals surface area (Å²) in [6, 6.07) is 0. The van der Waals surface area contributed by atoms with Crippen molar-refractivity contribution >= 4 is 6.09 Å². The second kappa shape index (κ2) is 15.2. The molecule has 0 heterocycles. The fourth-order valence-corrected chi connectivity index (χ4v) is 4.47. The first kappa shape index (κ1) is 30.1. The zero-order chi connectivity index (χ0) is 25.7. The number of unbranched alkanes of at least 4 members (excludes halogenated alkanes) is 5. The topological polar surface area (TPSA) is 47.6 Å². The van der Waals surface area contributed by atoms with Crippen LogP contribution >= 0.6 is 0 Å². The van der Waals surface area contributed by atoms with Crippen molar-refractivity contribution in [2.75, 3.05) is 13.7 Å². The third-order valence-corrected chi connectivity index (χ3v) is 6.62. The molecule has 1 aromatic rings. The largest absolute Gasteiger partial charge is 0.412 e. The third-order valence-electron chi connectivity index (χ3n) is 6.62. The molecule has 0 saturated heterocycles. The minimum atomic E-state index is -2.31. The fourth-order valence-electron chi connectivity index (χ4n) is 4.47. The highest BCUT2D eigenvalue weighted by Gasteiger charge is 2.35. The molecule has 0 fully saturated rings. The van der Waals surface area contributed by atoms with Crippen molar-refractivity contribution < 1.29 is 36.2 Å². The average Bonchev–Trinajstić information content (AvgIpc) is 2.84. The highest BCUT2D eigenvalue weighted by molar-refractivity contribution is 5.70. The normalized spacial score (nSPS) is 12.6. The maximum atomic E-state index is 13.7. The van der Waals surface area contributed by atoms with Crippen LogP contribution in [0.3, 0.4) is 0 Å². The molecule has 0 bridgehead atoms. The summed E-state index contributed by atoms with van der Waals surface area (Å²) < 4.78 is 77.3. The molecule has 1 aromatic carbocycles. The molecule has 0 spiro atoms. The van der Waals surface area contributed by atoms with Gasteiger partial charge in [0.1, 0.15) is 0 Å². The van der Waals surface area contributed by atoms with Gasteiger partial charge in [0.15, 0.2) is 0 Å². The first-order valence-corrected chi connectivity index (χ1v) is 12.2. The Balaban J connectivity index is 2.65. The van der Waals surface area contributed by atoms with Crippen molar-refractivity contribution in [2.45, 2.75) is 97.0 Å². The predicted octanol–water partition coefficient (Wildman–Crippen LogP) is 7.82. The maximum Gasteiger partial charge on any atom is 0.412 e. The standard InChI is InChI=1S/C25H38F5NO3/c1-5-8-9-10-11-12-14-17(25(6-2,7-3)33-4)15-13-16-31-24(32)34-23-21(29)19(27)18(26)20(28)22(23)30/h17H,5-16H2,1-4H3,(H,31,32). The van der Waals surface area contributed by atoms with Gasteiger partial charge in [-0.3, -0.25) is 0 Å². The number of methoxy groups -OCH3 is 1. The van der Waals surface area contributed by atoms with Gasteiger partial charge in [0.25, 0.3) is 0 Å². The van der Waals surface area contributed by atoms with E-state index in [9.17, 15) is 26.7 Å². The monoisotopic (exact) mass is 495 g/mol. The van der Waals surface area contributed by atoms with Crippen LogP contribution in [0.2, 0.25) is 0 Å². The summed E-state index contributed by atoms with van der Waals surface area (Å²) in [6.07, 6.45) is 9.75. The number of nitrogens with one attached hydrogen (secondary N) is 1. The Kier molecular flexibility index (Phi) is 13.4. The number of carbonyl (C=O) groups is 1. The van der Waals surface area contributed by atoms with E-state index in [0.29, 0.717) is 6.42 Å². The second-order valence-corrected chi connectivity index (χ2v) is 8.59. The molecule has 34 heavy (non-hydrogen) atoms. The molecule has 0 saturated carbocycles. The number of halogens is 5. The zero-order valence-electron chi connectivity index (χ0n) is 20.7. The molecule has 1 atom stereocenters. The van der Waals surface area contributed by atoms with Gasteiger partial charge in [0.05, 0.1) is 5.60 Å². The summed E-state index contributed by atoms with van der Waals surface area (Å²) in [6.45, 7) is 6.47. The molecule has 9 heteroatoms. The molecular weight excluding hydrogens is 457 g/mol. The smallest absolute Gasteiger partial charge is 0.404 e. The summed E-state index contributed by atoms with van der Waals surface area (Å²) in [5.74, 6) is -12.4. The number of carbonyl (C=O) groups excluding carboxylic acids is 1. The Bertz CT molecular complexity index is 734. The quantitative estimate of drug-likeness (QED) is 0.110. The average molecular weight is 496 g/mol. The highest BCUT2D eigenvalue weighted by atomic mass is 19.2. The van der Waals surface area contributed by atoms with Crippen LogP contribution in [0.5, 0.6) is 5.75 Å². The van der Waals surface area contributed by atoms with Crippen LogP contribution in [0.25, 0.3) is 0 Å². The van der Waals surface area contributed by atoms with Crippen molar-refractivity contribution in [3.05, 3.63) is 29.1 Å². The predicted molar refractivity (Wildman–Crippen MR) is 121 cm³/mol. The molecule has 0 aliphatic rings.